The minimum atomic E-state index is -3.43. The fraction of sp³-hybridized carbons (Fsp3) is 0.900. The molecule has 106 valence electrons. The quantitative estimate of drug-likeness (QED) is 0.293. The maximum absolute atomic E-state index is 12.0. The molecule has 1 saturated heterocycles. The lowest BCUT2D eigenvalue weighted by Crippen LogP contribution is -2.51. The van der Waals surface area contributed by atoms with Crippen molar-refractivity contribution in [3.63, 3.8) is 0 Å². The Morgan fingerprint density at radius 1 is 1.44 bits per heavy atom. The van der Waals surface area contributed by atoms with Crippen LogP contribution in [0.2, 0.25) is 0 Å². The highest BCUT2D eigenvalue weighted by Crippen LogP contribution is 2.31. The lowest BCUT2D eigenvalue weighted by molar-refractivity contribution is 0.228. The Morgan fingerprint density at radius 2 is 1.94 bits per heavy atom. The van der Waals surface area contributed by atoms with Gasteiger partial charge in [-0.15, -0.1) is 0 Å². The molecule has 4 N–H and O–H groups in total. The minimum Gasteiger partial charge on any atom is -0.409 e. The average molecular weight is 278 g/mol. The molecule has 1 rings (SSSR count). The van der Waals surface area contributed by atoms with E-state index < -0.39 is 15.6 Å². The number of nitrogens with two attached hydrogens (primary N) is 1. The predicted molar refractivity (Wildman–Crippen MR) is 69.5 cm³/mol. The molecule has 0 amide bonds. The van der Waals surface area contributed by atoms with Gasteiger partial charge in [0.1, 0.15) is 5.84 Å². The van der Waals surface area contributed by atoms with Crippen molar-refractivity contribution in [2.24, 2.45) is 16.3 Å². The molecule has 18 heavy (non-hydrogen) atoms. The van der Waals surface area contributed by atoms with Gasteiger partial charge in [0.15, 0.2) is 0 Å². The molecular weight excluding hydrogens is 256 g/mol. The summed E-state index contributed by atoms with van der Waals surface area (Å²) in [5.41, 5.74) is 5.20. The van der Waals surface area contributed by atoms with Gasteiger partial charge in [0.2, 0.25) is 0 Å². The van der Waals surface area contributed by atoms with Crippen molar-refractivity contribution in [3.05, 3.63) is 0 Å². The van der Waals surface area contributed by atoms with E-state index in [-0.39, 0.29) is 11.9 Å². The number of rotatable bonds is 4. The van der Waals surface area contributed by atoms with Gasteiger partial charge in [0.05, 0.1) is 0 Å². The molecule has 0 aliphatic carbocycles. The summed E-state index contributed by atoms with van der Waals surface area (Å²) in [5.74, 6) is 0.163. The van der Waals surface area contributed by atoms with Crippen LogP contribution in [0.5, 0.6) is 0 Å². The minimum absolute atomic E-state index is 0.132. The Labute approximate surface area is 108 Å². The van der Waals surface area contributed by atoms with Gasteiger partial charge in [-0.25, -0.2) is 0 Å². The molecule has 0 spiro atoms. The lowest BCUT2D eigenvalue weighted by atomic mass is 9.80. The second kappa shape index (κ2) is 5.41. The highest BCUT2D eigenvalue weighted by molar-refractivity contribution is 7.87. The third kappa shape index (κ3) is 3.33. The first-order valence-electron chi connectivity index (χ1n) is 5.97. The fourth-order valence-corrected chi connectivity index (χ4v) is 3.38. The smallest absolute Gasteiger partial charge is 0.279 e. The average Bonchev–Trinajstić information content (AvgIpc) is 2.26. The maximum Gasteiger partial charge on any atom is 0.279 e. The van der Waals surface area contributed by atoms with Crippen molar-refractivity contribution >= 4 is 16.0 Å². The number of oxime groups is 1. The van der Waals surface area contributed by atoms with E-state index in [2.05, 4.69) is 9.88 Å². The van der Waals surface area contributed by atoms with Gasteiger partial charge in [0.25, 0.3) is 10.2 Å². The van der Waals surface area contributed by atoms with E-state index in [4.69, 9.17) is 10.9 Å². The number of piperidine rings is 1. The van der Waals surface area contributed by atoms with E-state index in [1.807, 2.05) is 6.92 Å². The topological polar surface area (TPSA) is 108 Å². The summed E-state index contributed by atoms with van der Waals surface area (Å²) in [6.45, 7) is 6.18. The van der Waals surface area contributed by atoms with Crippen LogP contribution in [0.4, 0.5) is 0 Å². The van der Waals surface area contributed by atoms with E-state index in [1.54, 1.807) is 13.8 Å². The third-order valence-electron chi connectivity index (χ3n) is 3.28. The molecule has 1 fully saturated rings. The molecule has 0 atom stereocenters. The van der Waals surface area contributed by atoms with E-state index in [0.717, 1.165) is 0 Å². The molecule has 0 unspecified atom stereocenters. The number of hydrogen-bond acceptors (Lipinski definition) is 4. The van der Waals surface area contributed by atoms with Gasteiger partial charge in [-0.05, 0) is 26.7 Å². The van der Waals surface area contributed by atoms with Crippen LogP contribution in [-0.2, 0) is 10.2 Å². The monoisotopic (exact) mass is 278 g/mol. The van der Waals surface area contributed by atoms with Crippen LogP contribution in [0, 0.1) is 5.41 Å². The molecule has 0 saturated carbocycles. The largest absolute Gasteiger partial charge is 0.409 e. The van der Waals surface area contributed by atoms with Crippen LogP contribution < -0.4 is 10.5 Å². The molecule has 0 aromatic heterocycles. The maximum atomic E-state index is 12.0. The van der Waals surface area contributed by atoms with E-state index in [9.17, 15) is 8.42 Å². The predicted octanol–water partition coefficient (Wildman–Crippen LogP) is 0.0777. The van der Waals surface area contributed by atoms with Crippen molar-refractivity contribution in [2.75, 3.05) is 13.1 Å². The number of hydrogen-bond donors (Lipinski definition) is 3. The summed E-state index contributed by atoms with van der Waals surface area (Å²) in [6.07, 6.45) is 1.09. The van der Waals surface area contributed by atoms with Crippen molar-refractivity contribution in [1.29, 1.82) is 0 Å². The molecule has 1 aliphatic rings. The fourth-order valence-electron chi connectivity index (χ4n) is 1.97. The zero-order valence-corrected chi connectivity index (χ0v) is 11.9. The van der Waals surface area contributed by atoms with E-state index in [0.29, 0.717) is 25.9 Å². The molecule has 0 radical (unpaired) electrons. The van der Waals surface area contributed by atoms with Crippen LogP contribution in [0.1, 0.15) is 33.6 Å². The number of nitrogens with one attached hydrogen (secondary N) is 1. The van der Waals surface area contributed by atoms with Crippen LogP contribution in [0.3, 0.4) is 0 Å². The number of nitrogens with zero attached hydrogens (tertiary/aromatic N) is 2. The summed E-state index contributed by atoms with van der Waals surface area (Å²) in [7, 11) is -3.43. The van der Waals surface area contributed by atoms with E-state index in [1.165, 1.54) is 4.31 Å². The normalized spacial score (nSPS) is 22.3. The van der Waals surface area contributed by atoms with Gasteiger partial charge < -0.3 is 10.9 Å². The molecular formula is C10H22N4O3S. The SMILES string of the molecule is CC(C)NS(=O)(=O)N1CCC(C)(C(N)=NO)CC1. The Bertz CT molecular complexity index is 411. The van der Waals surface area contributed by atoms with Gasteiger partial charge in [0, 0.05) is 24.5 Å². The van der Waals surface area contributed by atoms with Crippen LogP contribution >= 0.6 is 0 Å². The van der Waals surface area contributed by atoms with Gasteiger partial charge >= 0.3 is 0 Å². The molecule has 0 bridgehead atoms. The summed E-state index contributed by atoms with van der Waals surface area (Å²) in [5, 5.41) is 11.7. The number of amidine groups is 1. The van der Waals surface area contributed by atoms with Gasteiger partial charge in [-0.1, -0.05) is 12.1 Å². The van der Waals surface area contributed by atoms with Crippen LogP contribution in [-0.4, -0.2) is 42.9 Å². The van der Waals surface area contributed by atoms with Crippen molar-refractivity contribution in [2.45, 2.75) is 39.7 Å². The first-order chi connectivity index (χ1) is 8.21. The Kier molecular flexibility index (Phi) is 4.57. The van der Waals surface area contributed by atoms with E-state index >= 15 is 0 Å². The van der Waals surface area contributed by atoms with Crippen LogP contribution in [0.15, 0.2) is 5.16 Å². The standard InChI is InChI=1S/C10H22N4O3S/c1-8(2)13-18(16,17)14-6-4-10(3,5-7-14)9(11)12-15/h8,13,15H,4-7H2,1-3H3,(H2,11,12). The highest BCUT2D eigenvalue weighted by atomic mass is 32.2. The Balaban J connectivity index is 2.70. The first-order valence-corrected chi connectivity index (χ1v) is 7.41. The molecule has 1 aliphatic heterocycles. The second-order valence-electron chi connectivity index (χ2n) is 5.22. The van der Waals surface area contributed by atoms with Gasteiger partial charge in [-0.3, -0.25) is 0 Å². The van der Waals surface area contributed by atoms with Crippen molar-refractivity contribution < 1.29 is 13.6 Å². The summed E-state index contributed by atoms with van der Waals surface area (Å²) >= 11 is 0. The zero-order chi connectivity index (χ0) is 14.0. The molecule has 7 nitrogen and oxygen atoms in total. The van der Waals surface area contributed by atoms with Crippen molar-refractivity contribution in [1.82, 2.24) is 9.03 Å². The molecule has 8 heteroatoms. The molecule has 1 heterocycles. The zero-order valence-electron chi connectivity index (χ0n) is 11.0. The molecule has 0 aromatic rings. The Hall–Kier alpha value is -0.860. The Morgan fingerprint density at radius 3 is 2.33 bits per heavy atom. The highest BCUT2D eigenvalue weighted by Gasteiger charge is 2.37. The third-order valence-corrected chi connectivity index (χ3v) is 5.09. The lowest BCUT2D eigenvalue weighted by Gasteiger charge is -2.37. The molecule has 0 aromatic carbocycles. The first kappa shape index (κ1) is 15.2. The summed E-state index contributed by atoms with van der Waals surface area (Å²) in [4.78, 5) is 0. The summed E-state index contributed by atoms with van der Waals surface area (Å²) < 4.78 is 27.8. The van der Waals surface area contributed by atoms with Gasteiger partial charge in [-0.2, -0.15) is 17.4 Å². The summed E-state index contributed by atoms with van der Waals surface area (Å²) in [6, 6.07) is -0.132. The van der Waals surface area contributed by atoms with Crippen molar-refractivity contribution in [3.8, 4) is 0 Å². The van der Waals surface area contributed by atoms with Crippen LogP contribution in [0.25, 0.3) is 0 Å². The second-order valence-corrected chi connectivity index (χ2v) is 6.92.